The van der Waals surface area contributed by atoms with Crippen LogP contribution in [-0.2, 0) is 17.2 Å². The van der Waals surface area contributed by atoms with E-state index < -0.39 is 10.8 Å². The molecule has 0 unspecified atom stereocenters. The average molecular weight is 265 g/mol. The van der Waals surface area contributed by atoms with E-state index in [9.17, 15) is 4.21 Å². The van der Waals surface area contributed by atoms with E-state index >= 15 is 0 Å². The van der Waals surface area contributed by atoms with Gasteiger partial charge in [0.15, 0.2) is 0 Å². The van der Waals surface area contributed by atoms with Gasteiger partial charge in [-0.3, -0.25) is 4.21 Å². The summed E-state index contributed by atoms with van der Waals surface area (Å²) in [5.74, 6) is 1.78. The van der Waals surface area contributed by atoms with E-state index in [1.54, 1.807) is 0 Å². The smallest absolute Gasteiger partial charge is 0.0249 e. The number of nitrogens with one attached hydrogen (secondary N) is 1. The summed E-state index contributed by atoms with van der Waals surface area (Å²) in [7, 11) is -0.535. The third kappa shape index (κ3) is 4.91. The summed E-state index contributed by atoms with van der Waals surface area (Å²) in [4.78, 5) is 0. The predicted octanol–water partition coefficient (Wildman–Crippen LogP) is 2.51. The van der Waals surface area contributed by atoms with Crippen LogP contribution in [0.15, 0.2) is 30.3 Å². The maximum atomic E-state index is 11.2. The Bertz CT molecular complexity index is 356. The molecule has 1 saturated heterocycles. The first-order chi connectivity index (χ1) is 8.84. The van der Waals surface area contributed by atoms with Crippen LogP contribution in [0, 0.1) is 0 Å². The first-order valence-corrected chi connectivity index (χ1v) is 8.46. The lowest BCUT2D eigenvalue weighted by molar-refractivity contribution is 0.466. The first-order valence-electron chi connectivity index (χ1n) is 6.97. The minimum atomic E-state index is -0.535. The largest absolute Gasteiger partial charge is 0.314 e. The van der Waals surface area contributed by atoms with Crippen molar-refractivity contribution in [1.29, 1.82) is 0 Å². The second kappa shape index (κ2) is 7.70. The van der Waals surface area contributed by atoms with Crippen molar-refractivity contribution in [1.82, 2.24) is 5.32 Å². The van der Waals surface area contributed by atoms with E-state index in [4.69, 9.17) is 0 Å². The van der Waals surface area contributed by atoms with Crippen LogP contribution in [0.25, 0.3) is 0 Å². The van der Waals surface area contributed by atoms with Gasteiger partial charge in [-0.25, -0.2) is 0 Å². The molecular formula is C15H23NOS. The summed E-state index contributed by atoms with van der Waals surface area (Å²) in [5, 5.41) is 3.59. The van der Waals surface area contributed by atoms with Gasteiger partial charge in [0.25, 0.3) is 0 Å². The van der Waals surface area contributed by atoms with E-state index in [-0.39, 0.29) is 0 Å². The molecule has 1 heterocycles. The molecule has 1 aromatic carbocycles. The SMILES string of the molecule is O=S1CCC(NCCCCc2ccccc2)CC1. The summed E-state index contributed by atoms with van der Waals surface area (Å²) >= 11 is 0. The van der Waals surface area contributed by atoms with Gasteiger partial charge in [0.05, 0.1) is 0 Å². The molecule has 0 aliphatic carbocycles. The fourth-order valence-corrected chi connectivity index (χ4v) is 3.70. The van der Waals surface area contributed by atoms with Crippen molar-refractivity contribution in [2.75, 3.05) is 18.1 Å². The molecule has 2 nitrogen and oxygen atoms in total. The Morgan fingerprint density at radius 2 is 1.83 bits per heavy atom. The van der Waals surface area contributed by atoms with E-state index in [0.717, 1.165) is 30.9 Å². The van der Waals surface area contributed by atoms with Crippen LogP contribution in [0.4, 0.5) is 0 Å². The van der Waals surface area contributed by atoms with Gasteiger partial charge < -0.3 is 5.32 Å². The highest BCUT2D eigenvalue weighted by molar-refractivity contribution is 7.85. The maximum absolute atomic E-state index is 11.2. The number of aryl methyl sites for hydroxylation is 1. The number of rotatable bonds is 6. The van der Waals surface area contributed by atoms with Crippen molar-refractivity contribution >= 4 is 10.8 Å². The van der Waals surface area contributed by atoms with Crippen molar-refractivity contribution in [3.63, 3.8) is 0 Å². The van der Waals surface area contributed by atoms with E-state index in [2.05, 4.69) is 35.6 Å². The van der Waals surface area contributed by atoms with E-state index in [1.807, 2.05) is 0 Å². The van der Waals surface area contributed by atoms with Crippen molar-refractivity contribution in [2.45, 2.75) is 38.1 Å². The van der Waals surface area contributed by atoms with Gasteiger partial charge in [-0.15, -0.1) is 0 Å². The quantitative estimate of drug-likeness (QED) is 0.801. The molecule has 0 radical (unpaired) electrons. The highest BCUT2D eigenvalue weighted by atomic mass is 32.2. The molecule has 2 rings (SSSR count). The van der Waals surface area contributed by atoms with Gasteiger partial charge in [-0.2, -0.15) is 0 Å². The zero-order valence-corrected chi connectivity index (χ0v) is 11.8. The number of unbranched alkanes of at least 4 members (excludes halogenated alkanes) is 1. The van der Waals surface area contributed by atoms with Crippen LogP contribution in [0.1, 0.15) is 31.2 Å². The van der Waals surface area contributed by atoms with Crippen LogP contribution in [0.2, 0.25) is 0 Å². The molecule has 1 fully saturated rings. The lowest BCUT2D eigenvalue weighted by Crippen LogP contribution is -2.36. The number of hydrogen-bond donors (Lipinski definition) is 1. The molecule has 0 atom stereocenters. The molecule has 1 aromatic rings. The summed E-state index contributed by atoms with van der Waals surface area (Å²) in [5.41, 5.74) is 1.44. The van der Waals surface area contributed by atoms with Crippen LogP contribution >= 0.6 is 0 Å². The fourth-order valence-electron chi connectivity index (χ4n) is 2.40. The molecule has 18 heavy (non-hydrogen) atoms. The zero-order valence-electron chi connectivity index (χ0n) is 10.9. The first kappa shape index (κ1) is 13.8. The summed E-state index contributed by atoms with van der Waals surface area (Å²) in [6, 6.07) is 11.3. The minimum absolute atomic E-state index is 0.535. The average Bonchev–Trinajstić information content (AvgIpc) is 2.42. The Balaban J connectivity index is 1.52. The Labute approximate surface area is 113 Å². The molecule has 1 aliphatic heterocycles. The second-order valence-electron chi connectivity index (χ2n) is 5.02. The van der Waals surface area contributed by atoms with Gasteiger partial charge in [0.1, 0.15) is 0 Å². The molecule has 1 aliphatic rings. The molecule has 0 amide bonds. The standard InChI is InChI=1S/C15H23NOS/c17-18-12-9-15(10-13-18)16-11-5-4-8-14-6-2-1-3-7-14/h1-3,6-7,15-16H,4-5,8-13H2. The topological polar surface area (TPSA) is 29.1 Å². The molecule has 3 heteroatoms. The lowest BCUT2D eigenvalue weighted by Gasteiger charge is -2.22. The molecule has 100 valence electrons. The van der Waals surface area contributed by atoms with Crippen molar-refractivity contribution in [3.05, 3.63) is 35.9 Å². The van der Waals surface area contributed by atoms with Crippen LogP contribution in [0.3, 0.4) is 0 Å². The monoisotopic (exact) mass is 265 g/mol. The van der Waals surface area contributed by atoms with Crippen molar-refractivity contribution in [2.24, 2.45) is 0 Å². The highest BCUT2D eigenvalue weighted by Gasteiger charge is 2.16. The fraction of sp³-hybridized carbons (Fsp3) is 0.600. The normalized spacial score (nSPS) is 24.0. The third-order valence-corrected chi connectivity index (χ3v) is 4.94. The van der Waals surface area contributed by atoms with Gasteiger partial charge in [-0.1, -0.05) is 30.3 Å². The molecular weight excluding hydrogens is 242 g/mol. The third-order valence-electron chi connectivity index (χ3n) is 3.56. The Morgan fingerprint density at radius 1 is 1.11 bits per heavy atom. The predicted molar refractivity (Wildman–Crippen MR) is 78.3 cm³/mol. The van der Waals surface area contributed by atoms with Crippen LogP contribution in [-0.4, -0.2) is 28.3 Å². The van der Waals surface area contributed by atoms with Crippen molar-refractivity contribution in [3.8, 4) is 0 Å². The highest BCUT2D eigenvalue weighted by Crippen LogP contribution is 2.09. The van der Waals surface area contributed by atoms with Crippen molar-refractivity contribution < 1.29 is 4.21 Å². The maximum Gasteiger partial charge on any atom is 0.0249 e. The van der Waals surface area contributed by atoms with Gasteiger partial charge in [0.2, 0.25) is 0 Å². The Morgan fingerprint density at radius 3 is 2.56 bits per heavy atom. The van der Waals surface area contributed by atoms with Crippen LogP contribution in [0.5, 0.6) is 0 Å². The second-order valence-corrected chi connectivity index (χ2v) is 6.72. The number of benzene rings is 1. The van der Waals surface area contributed by atoms with E-state index in [1.165, 1.54) is 24.8 Å². The Kier molecular flexibility index (Phi) is 5.88. The van der Waals surface area contributed by atoms with Crippen LogP contribution < -0.4 is 5.32 Å². The lowest BCUT2D eigenvalue weighted by atomic mass is 10.1. The Hall–Kier alpha value is -0.670. The molecule has 0 aromatic heterocycles. The summed E-state index contributed by atoms with van der Waals surface area (Å²) in [6.07, 6.45) is 5.83. The molecule has 0 spiro atoms. The molecule has 0 saturated carbocycles. The minimum Gasteiger partial charge on any atom is -0.314 e. The summed E-state index contributed by atoms with van der Waals surface area (Å²) < 4.78 is 11.2. The molecule has 1 N–H and O–H groups in total. The van der Waals surface area contributed by atoms with Gasteiger partial charge in [-0.05, 0) is 44.2 Å². The summed E-state index contributed by atoms with van der Waals surface area (Å²) in [6.45, 7) is 1.10. The molecule has 0 bridgehead atoms. The zero-order chi connectivity index (χ0) is 12.6. The number of hydrogen-bond acceptors (Lipinski definition) is 2. The van der Waals surface area contributed by atoms with Gasteiger partial charge in [0, 0.05) is 28.3 Å². The van der Waals surface area contributed by atoms with Gasteiger partial charge >= 0.3 is 0 Å². The van der Waals surface area contributed by atoms with E-state index in [0.29, 0.717) is 6.04 Å².